The molecular weight excluding hydrogens is 226 g/mol. The molecule has 2 rings (SSSR count). The monoisotopic (exact) mass is 243 g/mol. The van der Waals surface area contributed by atoms with Gasteiger partial charge in [-0.15, -0.1) is 0 Å². The average Bonchev–Trinajstić information content (AvgIpc) is 2.71. The first-order valence-corrected chi connectivity index (χ1v) is 6.01. The number of nitrogens with zero attached hydrogens (tertiary/aromatic N) is 2. The Morgan fingerprint density at radius 1 is 1.33 bits per heavy atom. The van der Waals surface area contributed by atoms with Gasteiger partial charge in [0, 0.05) is 18.4 Å². The quantitative estimate of drug-likeness (QED) is 0.900. The fraction of sp³-hybridized carbons (Fsp3) is 0.286. The van der Waals surface area contributed by atoms with Crippen LogP contribution in [0.4, 0.5) is 5.69 Å². The Balaban J connectivity index is 2.10. The van der Waals surface area contributed by atoms with E-state index in [2.05, 4.69) is 17.3 Å². The Hall–Kier alpha value is -2.10. The number of rotatable bonds is 3. The third kappa shape index (κ3) is 2.59. The van der Waals surface area contributed by atoms with E-state index in [1.165, 1.54) is 5.56 Å². The van der Waals surface area contributed by atoms with Gasteiger partial charge in [0.2, 0.25) is 0 Å². The van der Waals surface area contributed by atoms with E-state index in [1.54, 1.807) is 10.7 Å². The lowest BCUT2D eigenvalue weighted by molar-refractivity contribution is 0.102. The minimum Gasteiger partial charge on any atom is -0.321 e. The van der Waals surface area contributed by atoms with Crippen LogP contribution in [0.15, 0.2) is 30.3 Å². The molecule has 0 radical (unpaired) electrons. The number of nitrogens with one attached hydrogen (secondary N) is 1. The molecule has 0 aliphatic heterocycles. The zero-order valence-electron chi connectivity index (χ0n) is 10.9. The predicted molar refractivity (Wildman–Crippen MR) is 71.7 cm³/mol. The van der Waals surface area contributed by atoms with Crippen molar-refractivity contribution < 1.29 is 4.79 Å². The number of aryl methyl sites for hydroxylation is 3. The van der Waals surface area contributed by atoms with E-state index in [-0.39, 0.29) is 5.91 Å². The molecule has 0 unspecified atom stereocenters. The number of carbonyl (C=O) groups excluding carboxylic acids is 1. The van der Waals surface area contributed by atoms with Gasteiger partial charge in [0.25, 0.3) is 5.91 Å². The van der Waals surface area contributed by atoms with Gasteiger partial charge in [-0.1, -0.05) is 19.1 Å². The Bertz CT molecular complexity index is 535. The summed E-state index contributed by atoms with van der Waals surface area (Å²) in [6.45, 7) is 4.02. The molecule has 0 aliphatic carbocycles. The molecule has 4 heteroatoms. The SMILES string of the molecule is CCc1ccc(NC(=O)c2cc(C)n(C)n2)cc1. The zero-order chi connectivity index (χ0) is 13.1. The fourth-order valence-corrected chi connectivity index (χ4v) is 1.69. The highest BCUT2D eigenvalue weighted by Gasteiger charge is 2.10. The normalized spacial score (nSPS) is 10.4. The second kappa shape index (κ2) is 5.04. The van der Waals surface area contributed by atoms with Crippen molar-refractivity contribution in [1.82, 2.24) is 9.78 Å². The first-order chi connectivity index (χ1) is 8.60. The molecule has 0 bridgehead atoms. The van der Waals surface area contributed by atoms with E-state index in [4.69, 9.17) is 0 Å². The molecule has 1 heterocycles. The van der Waals surface area contributed by atoms with Crippen LogP contribution in [0.5, 0.6) is 0 Å². The van der Waals surface area contributed by atoms with E-state index in [9.17, 15) is 4.79 Å². The molecule has 0 fully saturated rings. The maximum Gasteiger partial charge on any atom is 0.276 e. The molecule has 0 saturated heterocycles. The molecule has 1 N–H and O–H groups in total. The van der Waals surface area contributed by atoms with Crippen molar-refractivity contribution in [3.8, 4) is 0 Å². The number of hydrogen-bond donors (Lipinski definition) is 1. The summed E-state index contributed by atoms with van der Waals surface area (Å²) in [5, 5.41) is 6.98. The van der Waals surface area contributed by atoms with Crippen LogP contribution < -0.4 is 5.32 Å². The van der Waals surface area contributed by atoms with Crippen molar-refractivity contribution >= 4 is 11.6 Å². The minimum atomic E-state index is -0.178. The molecule has 94 valence electrons. The summed E-state index contributed by atoms with van der Waals surface area (Å²) in [6.07, 6.45) is 0.994. The third-order valence-electron chi connectivity index (χ3n) is 2.97. The topological polar surface area (TPSA) is 46.9 Å². The highest BCUT2D eigenvalue weighted by molar-refractivity contribution is 6.02. The van der Waals surface area contributed by atoms with Crippen LogP contribution in [0.2, 0.25) is 0 Å². The van der Waals surface area contributed by atoms with Crippen molar-refractivity contribution in [3.05, 3.63) is 47.3 Å². The van der Waals surface area contributed by atoms with Gasteiger partial charge in [0.15, 0.2) is 5.69 Å². The number of aromatic nitrogens is 2. The maximum atomic E-state index is 11.9. The lowest BCUT2D eigenvalue weighted by Gasteiger charge is -2.03. The molecular formula is C14H17N3O. The first kappa shape index (κ1) is 12.4. The van der Waals surface area contributed by atoms with Crippen LogP contribution in [-0.4, -0.2) is 15.7 Å². The fourth-order valence-electron chi connectivity index (χ4n) is 1.69. The van der Waals surface area contributed by atoms with Crippen molar-refractivity contribution in [2.75, 3.05) is 5.32 Å². The van der Waals surface area contributed by atoms with Crippen LogP contribution >= 0.6 is 0 Å². The maximum absolute atomic E-state index is 11.9. The highest BCUT2D eigenvalue weighted by atomic mass is 16.1. The number of benzene rings is 1. The Morgan fingerprint density at radius 2 is 2.00 bits per heavy atom. The predicted octanol–water partition coefficient (Wildman–Crippen LogP) is 2.54. The van der Waals surface area contributed by atoms with E-state index >= 15 is 0 Å². The number of anilines is 1. The molecule has 1 amide bonds. The van der Waals surface area contributed by atoms with Crippen LogP contribution in [0.3, 0.4) is 0 Å². The van der Waals surface area contributed by atoms with Gasteiger partial charge in [-0.05, 0) is 37.1 Å². The zero-order valence-corrected chi connectivity index (χ0v) is 10.9. The number of hydrogen-bond acceptors (Lipinski definition) is 2. The summed E-state index contributed by atoms with van der Waals surface area (Å²) in [5.41, 5.74) is 3.44. The Kier molecular flexibility index (Phi) is 3.46. The molecule has 1 aromatic carbocycles. The molecule has 0 spiro atoms. The van der Waals surface area contributed by atoms with Crippen LogP contribution in [0, 0.1) is 6.92 Å². The van der Waals surface area contributed by atoms with Gasteiger partial charge < -0.3 is 5.32 Å². The number of amides is 1. The lowest BCUT2D eigenvalue weighted by atomic mass is 10.1. The molecule has 1 aromatic heterocycles. The van der Waals surface area contributed by atoms with Gasteiger partial charge in [0.05, 0.1) is 0 Å². The summed E-state index contributed by atoms with van der Waals surface area (Å²) in [4.78, 5) is 11.9. The smallest absolute Gasteiger partial charge is 0.276 e. The van der Waals surface area contributed by atoms with E-state index < -0.39 is 0 Å². The highest BCUT2D eigenvalue weighted by Crippen LogP contribution is 2.11. The lowest BCUT2D eigenvalue weighted by Crippen LogP contribution is -2.12. The second-order valence-electron chi connectivity index (χ2n) is 4.30. The molecule has 0 aliphatic rings. The van der Waals surface area contributed by atoms with Gasteiger partial charge in [-0.2, -0.15) is 5.10 Å². The molecule has 4 nitrogen and oxygen atoms in total. The molecule has 0 saturated carbocycles. The standard InChI is InChI=1S/C14H17N3O/c1-4-11-5-7-12(8-6-11)15-14(18)13-9-10(2)17(3)16-13/h5-9H,4H2,1-3H3,(H,15,18). The van der Waals surface area contributed by atoms with E-state index in [0.717, 1.165) is 17.8 Å². The van der Waals surface area contributed by atoms with Crippen LogP contribution in [0.1, 0.15) is 28.7 Å². The summed E-state index contributed by atoms with van der Waals surface area (Å²) >= 11 is 0. The molecule has 18 heavy (non-hydrogen) atoms. The van der Waals surface area contributed by atoms with Gasteiger partial charge in [-0.25, -0.2) is 0 Å². The summed E-state index contributed by atoms with van der Waals surface area (Å²) < 4.78 is 1.69. The third-order valence-corrected chi connectivity index (χ3v) is 2.97. The van der Waals surface area contributed by atoms with Crippen molar-refractivity contribution in [3.63, 3.8) is 0 Å². The largest absolute Gasteiger partial charge is 0.321 e. The Morgan fingerprint density at radius 3 is 2.50 bits per heavy atom. The van der Waals surface area contributed by atoms with Crippen molar-refractivity contribution in [2.24, 2.45) is 7.05 Å². The van der Waals surface area contributed by atoms with Gasteiger partial charge in [0.1, 0.15) is 0 Å². The van der Waals surface area contributed by atoms with Crippen LogP contribution in [0.25, 0.3) is 0 Å². The van der Waals surface area contributed by atoms with Crippen LogP contribution in [-0.2, 0) is 13.5 Å². The number of carbonyl (C=O) groups is 1. The Labute approximate surface area is 107 Å². The molecule has 0 atom stereocenters. The second-order valence-corrected chi connectivity index (χ2v) is 4.30. The molecule has 2 aromatic rings. The summed E-state index contributed by atoms with van der Waals surface area (Å²) in [7, 11) is 1.82. The first-order valence-electron chi connectivity index (χ1n) is 6.01. The van der Waals surface area contributed by atoms with Gasteiger partial charge in [-0.3, -0.25) is 9.48 Å². The minimum absolute atomic E-state index is 0.178. The van der Waals surface area contributed by atoms with Crippen molar-refractivity contribution in [1.29, 1.82) is 0 Å². The van der Waals surface area contributed by atoms with E-state index in [1.807, 2.05) is 38.2 Å². The summed E-state index contributed by atoms with van der Waals surface area (Å²) in [5.74, 6) is -0.178. The summed E-state index contributed by atoms with van der Waals surface area (Å²) in [6, 6.07) is 9.62. The van der Waals surface area contributed by atoms with Gasteiger partial charge >= 0.3 is 0 Å². The average molecular weight is 243 g/mol. The van der Waals surface area contributed by atoms with E-state index in [0.29, 0.717) is 5.69 Å². The van der Waals surface area contributed by atoms with Crippen molar-refractivity contribution in [2.45, 2.75) is 20.3 Å².